The molecule has 0 atom stereocenters. The van der Waals surface area contributed by atoms with Crippen molar-refractivity contribution in [1.82, 2.24) is 30.5 Å². The van der Waals surface area contributed by atoms with Crippen molar-refractivity contribution in [3.63, 3.8) is 0 Å². The van der Waals surface area contributed by atoms with Crippen LogP contribution in [0.2, 0.25) is 0 Å². The molecule has 0 spiro atoms. The summed E-state index contributed by atoms with van der Waals surface area (Å²) < 4.78 is 13.9. The lowest BCUT2D eigenvalue weighted by Crippen LogP contribution is -2.28. The summed E-state index contributed by atoms with van der Waals surface area (Å²) in [6.45, 7) is 8.57. The number of aromatic nitrogens is 5. The molecule has 1 fully saturated rings. The molecule has 0 bridgehead atoms. The fraction of sp³-hybridized carbons (Fsp3) is 0.219. The highest BCUT2D eigenvalue weighted by molar-refractivity contribution is 5.93. The van der Waals surface area contributed by atoms with Crippen molar-refractivity contribution in [2.75, 3.05) is 13.1 Å². The van der Waals surface area contributed by atoms with Gasteiger partial charge in [0.25, 0.3) is 0 Å². The van der Waals surface area contributed by atoms with E-state index in [2.05, 4.69) is 51.1 Å². The van der Waals surface area contributed by atoms with E-state index in [0.29, 0.717) is 11.5 Å². The number of nitrogens with one attached hydrogen (secondary N) is 3. The monoisotopic (exact) mass is 518 g/mol. The van der Waals surface area contributed by atoms with Crippen molar-refractivity contribution in [1.29, 1.82) is 0 Å². The highest BCUT2D eigenvalue weighted by atomic mass is 19.1. The first-order valence-electron chi connectivity index (χ1n) is 13.4. The van der Waals surface area contributed by atoms with E-state index in [1.807, 2.05) is 42.7 Å². The molecule has 6 nitrogen and oxygen atoms in total. The summed E-state index contributed by atoms with van der Waals surface area (Å²) >= 11 is 0. The number of H-pyrrole nitrogens is 2. The van der Waals surface area contributed by atoms with Gasteiger partial charge in [-0.05, 0) is 97.8 Å². The number of benzene rings is 2. The number of piperidine rings is 1. The fourth-order valence-electron chi connectivity index (χ4n) is 5.28. The van der Waals surface area contributed by atoms with Gasteiger partial charge < -0.3 is 10.3 Å². The Morgan fingerprint density at radius 3 is 2.79 bits per heavy atom. The van der Waals surface area contributed by atoms with Crippen LogP contribution in [0.25, 0.3) is 51.9 Å². The van der Waals surface area contributed by atoms with E-state index >= 15 is 0 Å². The molecule has 196 valence electrons. The number of nitrogens with zero attached hydrogens (tertiary/aromatic N) is 3. The number of fused-ring (bicyclic) bond motifs is 1. The van der Waals surface area contributed by atoms with Crippen LogP contribution in [-0.4, -0.2) is 38.2 Å². The van der Waals surface area contributed by atoms with Gasteiger partial charge in [-0.1, -0.05) is 36.9 Å². The molecule has 5 aromatic rings. The number of imidazole rings is 1. The third-order valence-corrected chi connectivity index (χ3v) is 7.51. The summed E-state index contributed by atoms with van der Waals surface area (Å²) in [6.07, 6.45) is 11.5. The largest absolute Gasteiger partial charge is 0.337 e. The number of hydrogen-bond acceptors (Lipinski definition) is 4. The Morgan fingerprint density at radius 2 is 1.95 bits per heavy atom. The number of hydrogen-bond donors (Lipinski definition) is 3. The average molecular weight is 519 g/mol. The van der Waals surface area contributed by atoms with E-state index < -0.39 is 0 Å². The van der Waals surface area contributed by atoms with Gasteiger partial charge in [-0.2, -0.15) is 5.10 Å². The summed E-state index contributed by atoms with van der Waals surface area (Å²) in [5, 5.41) is 12.6. The number of allylic oxidation sites excluding steroid dienone is 2. The lowest BCUT2D eigenvalue weighted by Gasteiger charge is -2.22. The summed E-state index contributed by atoms with van der Waals surface area (Å²) in [4.78, 5) is 12.7. The predicted octanol–water partition coefficient (Wildman–Crippen LogP) is 4.99. The van der Waals surface area contributed by atoms with E-state index in [1.54, 1.807) is 6.07 Å². The zero-order chi connectivity index (χ0) is 26.8. The second-order valence-corrected chi connectivity index (χ2v) is 10.3. The summed E-state index contributed by atoms with van der Waals surface area (Å²) in [5.41, 5.74) is 7.43. The summed E-state index contributed by atoms with van der Waals surface area (Å²) in [6, 6.07) is 14.6. The molecule has 3 N–H and O–H groups in total. The average Bonchev–Trinajstić information content (AvgIpc) is 3.55. The van der Waals surface area contributed by atoms with Gasteiger partial charge in [0, 0.05) is 23.2 Å². The Balaban J connectivity index is 1.27. The van der Waals surface area contributed by atoms with Crippen molar-refractivity contribution in [2.45, 2.75) is 26.2 Å². The lowest BCUT2D eigenvalue weighted by molar-refractivity contribution is 0.372. The van der Waals surface area contributed by atoms with Crippen LogP contribution in [0, 0.1) is 11.7 Å². The summed E-state index contributed by atoms with van der Waals surface area (Å²) in [7, 11) is 0. The second-order valence-electron chi connectivity index (χ2n) is 10.3. The molecule has 0 radical (unpaired) electrons. The Morgan fingerprint density at radius 1 is 1.10 bits per heavy atom. The highest BCUT2D eigenvalue weighted by Crippen LogP contribution is 2.29. The maximum Gasteiger partial charge on any atom is 0.159 e. The molecule has 1 aliphatic rings. The predicted molar refractivity (Wildman–Crippen MR) is 155 cm³/mol. The smallest absolute Gasteiger partial charge is 0.159 e. The molecule has 39 heavy (non-hydrogen) atoms. The Bertz CT molecular complexity index is 1770. The second kappa shape index (κ2) is 10.8. The molecule has 0 saturated carbocycles. The number of para-hydroxylation sites is 1. The van der Waals surface area contributed by atoms with E-state index in [9.17, 15) is 4.39 Å². The van der Waals surface area contributed by atoms with Gasteiger partial charge in [-0.25, -0.2) is 9.37 Å². The van der Waals surface area contributed by atoms with E-state index in [-0.39, 0.29) is 5.82 Å². The number of pyridine rings is 1. The van der Waals surface area contributed by atoms with Gasteiger partial charge in [-0.15, -0.1) is 0 Å². The lowest BCUT2D eigenvalue weighted by atomic mass is 9.91. The van der Waals surface area contributed by atoms with Gasteiger partial charge in [0.1, 0.15) is 11.5 Å². The Labute approximate surface area is 226 Å². The molecule has 7 heteroatoms. The van der Waals surface area contributed by atoms with Gasteiger partial charge in [0.15, 0.2) is 5.82 Å². The zero-order valence-corrected chi connectivity index (χ0v) is 22.0. The van der Waals surface area contributed by atoms with Gasteiger partial charge in [0.05, 0.1) is 16.4 Å². The van der Waals surface area contributed by atoms with Gasteiger partial charge >= 0.3 is 0 Å². The molecule has 0 unspecified atom stereocenters. The first-order valence-corrected chi connectivity index (χ1v) is 13.4. The van der Waals surface area contributed by atoms with E-state index in [4.69, 9.17) is 4.98 Å². The number of aromatic amines is 2. The van der Waals surface area contributed by atoms with Crippen LogP contribution in [0.5, 0.6) is 0 Å². The van der Waals surface area contributed by atoms with Crippen LogP contribution >= 0.6 is 0 Å². The summed E-state index contributed by atoms with van der Waals surface area (Å²) in [5.74, 6) is 1.06. The molecule has 6 rings (SSSR count). The van der Waals surface area contributed by atoms with Crippen molar-refractivity contribution < 1.29 is 4.39 Å². The third kappa shape index (κ3) is 5.31. The Kier molecular flexibility index (Phi) is 6.90. The maximum atomic E-state index is 13.9. The first kappa shape index (κ1) is 24.9. The van der Waals surface area contributed by atoms with E-state index in [0.717, 1.165) is 69.3 Å². The molecule has 0 amide bonds. The molecule has 1 saturated heterocycles. The van der Waals surface area contributed by atoms with Crippen molar-refractivity contribution in [3.8, 4) is 22.6 Å². The highest BCUT2D eigenvalue weighted by Gasteiger charge is 2.15. The number of halogens is 1. The van der Waals surface area contributed by atoms with Crippen LogP contribution in [0.4, 0.5) is 4.39 Å². The van der Waals surface area contributed by atoms with Crippen LogP contribution in [0.3, 0.4) is 0 Å². The van der Waals surface area contributed by atoms with Gasteiger partial charge in [-0.3, -0.25) is 10.1 Å². The van der Waals surface area contributed by atoms with Crippen molar-refractivity contribution in [3.05, 3.63) is 94.5 Å². The molecule has 1 aliphatic heterocycles. The van der Waals surface area contributed by atoms with Crippen LogP contribution in [0.15, 0.2) is 67.0 Å². The molecular weight excluding hydrogens is 487 g/mol. The quantitative estimate of drug-likeness (QED) is 0.296. The third-order valence-electron chi connectivity index (χ3n) is 7.51. The van der Waals surface area contributed by atoms with Crippen molar-refractivity contribution in [2.24, 2.45) is 5.92 Å². The first-order chi connectivity index (χ1) is 19.0. The zero-order valence-electron chi connectivity index (χ0n) is 22.0. The topological polar surface area (TPSA) is 82.3 Å². The fourth-order valence-corrected chi connectivity index (χ4v) is 5.28. The molecule has 3 aromatic heterocycles. The minimum Gasteiger partial charge on any atom is -0.337 e. The Hall–Kier alpha value is -4.36. The van der Waals surface area contributed by atoms with Crippen molar-refractivity contribution >= 4 is 29.3 Å². The maximum absolute atomic E-state index is 13.9. The number of rotatable bonds is 6. The van der Waals surface area contributed by atoms with Crippen LogP contribution in [0.1, 0.15) is 30.9 Å². The standard InChI is InChI=1S/C32H31FN6/c1-20(25-16-23(18-35-19-25)15-22-11-13-34-14-12-22)9-10-28-21(2)30(39-38-28)32-36-29-8-4-7-27(31(29)37-32)24-5-3-6-26(33)17-24/h3-10,16-19,22,34,38H,2,11-15H2,1H3,(H,36,37)/b20-9+,28-10+. The van der Waals surface area contributed by atoms with Crippen LogP contribution < -0.4 is 15.9 Å². The normalized spacial score (nSPS) is 15.3. The molecule has 0 aliphatic carbocycles. The molecule has 2 aromatic carbocycles. The minimum absolute atomic E-state index is 0.277. The van der Waals surface area contributed by atoms with Gasteiger partial charge in [0.2, 0.25) is 0 Å². The minimum atomic E-state index is -0.277. The van der Waals surface area contributed by atoms with E-state index in [1.165, 1.54) is 30.5 Å². The van der Waals surface area contributed by atoms with Crippen LogP contribution in [-0.2, 0) is 6.42 Å². The molecule has 4 heterocycles. The molecular formula is C32H31FN6. The SMILES string of the molecule is C=c1c(-c2nc3c(-c4cccc(F)c4)cccc3[nH]2)n[nH]/c1=C/C=C(\C)c1cncc(CC2CCNCC2)c1.